The van der Waals surface area contributed by atoms with Gasteiger partial charge in [0.1, 0.15) is 4.83 Å². The molecular formula is C12H11N3OS. The summed E-state index contributed by atoms with van der Waals surface area (Å²) < 4.78 is 5.12. The molecule has 0 amide bonds. The molecule has 0 aliphatic heterocycles. The zero-order valence-electron chi connectivity index (χ0n) is 9.30. The summed E-state index contributed by atoms with van der Waals surface area (Å²) in [7, 11) is 0. The lowest BCUT2D eigenvalue weighted by atomic mass is 10.2. The van der Waals surface area contributed by atoms with Crippen LogP contribution in [0.5, 0.6) is 0 Å². The van der Waals surface area contributed by atoms with E-state index in [1.807, 2.05) is 24.4 Å². The molecule has 0 unspecified atom stereocenters. The number of anilines is 1. The van der Waals surface area contributed by atoms with Crippen molar-refractivity contribution in [2.24, 2.45) is 0 Å². The fourth-order valence-electron chi connectivity index (χ4n) is 1.71. The van der Waals surface area contributed by atoms with Crippen LogP contribution in [0.4, 0.5) is 5.95 Å². The van der Waals surface area contributed by atoms with Crippen LogP contribution in [0.2, 0.25) is 0 Å². The maximum Gasteiger partial charge on any atom is 0.224 e. The maximum absolute atomic E-state index is 5.12. The fourth-order valence-corrected chi connectivity index (χ4v) is 2.48. The molecule has 1 N–H and O–H groups in total. The number of aromatic nitrogens is 2. The number of nitrogens with zero attached hydrogens (tertiary/aromatic N) is 2. The first kappa shape index (κ1) is 10.3. The van der Waals surface area contributed by atoms with Gasteiger partial charge in [0.05, 0.1) is 18.2 Å². The van der Waals surface area contributed by atoms with Crippen molar-refractivity contribution < 1.29 is 4.42 Å². The first-order valence-electron chi connectivity index (χ1n) is 5.40. The standard InChI is InChI=1S/C12H11N3OS/c1-2-13-12-14-10(8-3-5-16-7-8)9-4-6-17-11(9)15-12/h3-7H,2H2,1H3,(H,13,14,15). The second-order valence-corrected chi connectivity index (χ2v) is 4.47. The largest absolute Gasteiger partial charge is 0.472 e. The minimum Gasteiger partial charge on any atom is -0.472 e. The van der Waals surface area contributed by atoms with Gasteiger partial charge in [-0.1, -0.05) is 0 Å². The average Bonchev–Trinajstić information content (AvgIpc) is 2.99. The lowest BCUT2D eigenvalue weighted by molar-refractivity contribution is 0.568. The van der Waals surface area contributed by atoms with Crippen molar-refractivity contribution in [3.63, 3.8) is 0 Å². The molecule has 0 aliphatic carbocycles. The Bertz CT molecular complexity index is 630. The normalized spacial score (nSPS) is 10.9. The summed E-state index contributed by atoms with van der Waals surface area (Å²) in [5.41, 5.74) is 1.90. The number of rotatable bonds is 3. The van der Waals surface area contributed by atoms with Crippen molar-refractivity contribution in [2.75, 3.05) is 11.9 Å². The third kappa shape index (κ3) is 1.78. The van der Waals surface area contributed by atoms with E-state index in [2.05, 4.69) is 15.3 Å². The van der Waals surface area contributed by atoms with Gasteiger partial charge in [-0.25, -0.2) is 9.97 Å². The molecule has 3 rings (SSSR count). The predicted octanol–water partition coefficient (Wildman–Crippen LogP) is 3.38. The molecule has 3 aromatic heterocycles. The van der Waals surface area contributed by atoms with Crippen LogP contribution in [0.25, 0.3) is 21.5 Å². The number of hydrogen-bond acceptors (Lipinski definition) is 5. The van der Waals surface area contributed by atoms with Crippen LogP contribution < -0.4 is 5.32 Å². The van der Waals surface area contributed by atoms with E-state index in [-0.39, 0.29) is 0 Å². The molecule has 17 heavy (non-hydrogen) atoms. The molecule has 3 aromatic rings. The molecule has 4 nitrogen and oxygen atoms in total. The Morgan fingerprint density at radius 3 is 3.06 bits per heavy atom. The minimum absolute atomic E-state index is 0.665. The van der Waals surface area contributed by atoms with E-state index in [0.29, 0.717) is 5.95 Å². The van der Waals surface area contributed by atoms with Gasteiger partial charge in [0.15, 0.2) is 0 Å². The highest BCUT2D eigenvalue weighted by atomic mass is 32.1. The molecule has 0 atom stereocenters. The topological polar surface area (TPSA) is 51.0 Å². The molecule has 3 heterocycles. The van der Waals surface area contributed by atoms with Crippen LogP contribution >= 0.6 is 11.3 Å². The third-order valence-corrected chi connectivity index (χ3v) is 3.26. The summed E-state index contributed by atoms with van der Waals surface area (Å²) in [5, 5.41) is 6.24. The zero-order chi connectivity index (χ0) is 11.7. The summed E-state index contributed by atoms with van der Waals surface area (Å²) >= 11 is 1.62. The van der Waals surface area contributed by atoms with Crippen molar-refractivity contribution in [1.29, 1.82) is 0 Å². The van der Waals surface area contributed by atoms with E-state index in [0.717, 1.165) is 28.0 Å². The number of thiophene rings is 1. The molecule has 0 aromatic carbocycles. The lowest BCUT2D eigenvalue weighted by Gasteiger charge is -2.04. The minimum atomic E-state index is 0.665. The van der Waals surface area contributed by atoms with E-state index < -0.39 is 0 Å². The quantitative estimate of drug-likeness (QED) is 0.768. The van der Waals surface area contributed by atoms with Gasteiger partial charge in [0, 0.05) is 17.5 Å². The number of hydrogen-bond donors (Lipinski definition) is 1. The van der Waals surface area contributed by atoms with Gasteiger partial charge in [-0.05, 0) is 24.4 Å². The SMILES string of the molecule is CCNc1nc(-c2ccoc2)c2ccsc2n1. The van der Waals surface area contributed by atoms with Crippen LogP contribution in [-0.4, -0.2) is 16.5 Å². The van der Waals surface area contributed by atoms with Crippen LogP contribution in [0.3, 0.4) is 0 Å². The highest BCUT2D eigenvalue weighted by Crippen LogP contribution is 2.30. The molecule has 0 bridgehead atoms. The predicted molar refractivity (Wildman–Crippen MR) is 69.3 cm³/mol. The third-order valence-electron chi connectivity index (χ3n) is 2.45. The zero-order valence-corrected chi connectivity index (χ0v) is 10.1. The van der Waals surface area contributed by atoms with Crippen molar-refractivity contribution >= 4 is 27.5 Å². The molecule has 0 aliphatic rings. The van der Waals surface area contributed by atoms with Crippen molar-refractivity contribution in [2.45, 2.75) is 6.92 Å². The number of furan rings is 1. The molecule has 5 heteroatoms. The molecule has 0 radical (unpaired) electrons. The van der Waals surface area contributed by atoms with Crippen molar-refractivity contribution in [1.82, 2.24) is 9.97 Å². The second kappa shape index (κ2) is 4.18. The first-order chi connectivity index (χ1) is 8.38. The van der Waals surface area contributed by atoms with Crippen LogP contribution in [0, 0.1) is 0 Å². The average molecular weight is 245 g/mol. The second-order valence-electron chi connectivity index (χ2n) is 3.58. The summed E-state index contributed by atoms with van der Waals surface area (Å²) in [6, 6.07) is 3.95. The summed E-state index contributed by atoms with van der Waals surface area (Å²) in [6.45, 7) is 2.83. The Balaban J connectivity index is 2.23. The summed E-state index contributed by atoms with van der Waals surface area (Å²) in [4.78, 5) is 9.98. The van der Waals surface area contributed by atoms with Gasteiger partial charge in [0.2, 0.25) is 5.95 Å². The Kier molecular flexibility index (Phi) is 2.53. The molecule has 0 saturated carbocycles. The van der Waals surface area contributed by atoms with Crippen molar-refractivity contribution in [3.8, 4) is 11.3 Å². The van der Waals surface area contributed by atoms with Gasteiger partial charge in [-0.15, -0.1) is 11.3 Å². The van der Waals surface area contributed by atoms with E-state index in [1.165, 1.54) is 0 Å². The van der Waals surface area contributed by atoms with Gasteiger partial charge >= 0.3 is 0 Å². The van der Waals surface area contributed by atoms with E-state index in [9.17, 15) is 0 Å². The van der Waals surface area contributed by atoms with Crippen LogP contribution in [-0.2, 0) is 0 Å². The Labute approximate surface area is 102 Å². The summed E-state index contributed by atoms with van der Waals surface area (Å²) in [6.07, 6.45) is 3.36. The van der Waals surface area contributed by atoms with Gasteiger partial charge in [-0.2, -0.15) is 0 Å². The Hall–Kier alpha value is -1.88. The Morgan fingerprint density at radius 1 is 1.35 bits per heavy atom. The van der Waals surface area contributed by atoms with Crippen LogP contribution in [0.15, 0.2) is 34.5 Å². The van der Waals surface area contributed by atoms with Crippen molar-refractivity contribution in [3.05, 3.63) is 30.0 Å². The monoisotopic (exact) mass is 245 g/mol. The number of fused-ring (bicyclic) bond motifs is 1. The maximum atomic E-state index is 5.12. The van der Waals surface area contributed by atoms with Gasteiger partial charge < -0.3 is 9.73 Å². The first-order valence-corrected chi connectivity index (χ1v) is 6.28. The van der Waals surface area contributed by atoms with Crippen LogP contribution in [0.1, 0.15) is 6.92 Å². The molecule has 86 valence electrons. The highest BCUT2D eigenvalue weighted by Gasteiger charge is 2.11. The van der Waals surface area contributed by atoms with E-state index in [4.69, 9.17) is 4.42 Å². The number of nitrogens with one attached hydrogen (secondary N) is 1. The fraction of sp³-hybridized carbons (Fsp3) is 0.167. The summed E-state index contributed by atoms with van der Waals surface area (Å²) in [5.74, 6) is 0.665. The Morgan fingerprint density at radius 2 is 2.29 bits per heavy atom. The van der Waals surface area contributed by atoms with Gasteiger partial charge in [-0.3, -0.25) is 0 Å². The highest BCUT2D eigenvalue weighted by molar-refractivity contribution is 7.16. The van der Waals surface area contributed by atoms with Gasteiger partial charge in [0.25, 0.3) is 0 Å². The lowest BCUT2D eigenvalue weighted by Crippen LogP contribution is -2.02. The van der Waals surface area contributed by atoms with E-state index >= 15 is 0 Å². The molecule has 0 spiro atoms. The smallest absolute Gasteiger partial charge is 0.224 e. The molecule has 0 fully saturated rings. The van der Waals surface area contributed by atoms with E-state index in [1.54, 1.807) is 23.9 Å². The molecule has 0 saturated heterocycles. The molecular weight excluding hydrogens is 234 g/mol.